The Kier molecular flexibility index (Phi) is 7.27. The van der Waals surface area contributed by atoms with Crippen molar-refractivity contribution in [3.05, 3.63) is 72.1 Å². The number of hydrogen-bond donors (Lipinski definition) is 2. The first kappa shape index (κ1) is 25.6. The van der Waals surface area contributed by atoms with Crippen molar-refractivity contribution in [2.24, 2.45) is 11.8 Å². The van der Waals surface area contributed by atoms with Crippen LogP contribution in [0.25, 0.3) is 28.2 Å². The third kappa shape index (κ3) is 5.77. The summed E-state index contributed by atoms with van der Waals surface area (Å²) in [4.78, 5) is 34.5. The van der Waals surface area contributed by atoms with Crippen LogP contribution < -0.4 is 10.6 Å². The molecule has 0 aliphatic heterocycles. The van der Waals surface area contributed by atoms with Gasteiger partial charge in [-0.2, -0.15) is 0 Å². The molecule has 4 aromatic rings. The van der Waals surface area contributed by atoms with E-state index in [4.69, 9.17) is 9.97 Å². The molecule has 1 saturated carbocycles. The number of carbonyl (C=O) groups is 2. The molecule has 0 radical (unpaired) electrons. The van der Waals surface area contributed by atoms with Crippen LogP contribution in [0.3, 0.4) is 0 Å². The van der Waals surface area contributed by atoms with Gasteiger partial charge in [-0.3, -0.25) is 14.0 Å². The zero-order valence-electron chi connectivity index (χ0n) is 22.5. The number of rotatable bonds is 10. The largest absolute Gasteiger partial charge is 0.367 e. The van der Waals surface area contributed by atoms with Crippen molar-refractivity contribution in [2.45, 2.75) is 53.0 Å². The fourth-order valence-electron chi connectivity index (χ4n) is 4.36. The maximum atomic E-state index is 12.5. The van der Waals surface area contributed by atoms with Gasteiger partial charge in [0.05, 0.1) is 17.6 Å². The second-order valence-electron chi connectivity index (χ2n) is 11.0. The van der Waals surface area contributed by atoms with Crippen LogP contribution in [0.1, 0.15) is 67.7 Å². The van der Waals surface area contributed by atoms with Crippen molar-refractivity contribution in [1.29, 1.82) is 0 Å². The Labute approximate surface area is 223 Å². The second kappa shape index (κ2) is 10.8. The summed E-state index contributed by atoms with van der Waals surface area (Å²) < 4.78 is 2.04. The van der Waals surface area contributed by atoms with E-state index in [0.717, 1.165) is 53.1 Å². The van der Waals surface area contributed by atoms with Crippen molar-refractivity contribution in [1.82, 2.24) is 19.7 Å². The van der Waals surface area contributed by atoms with E-state index in [1.54, 1.807) is 0 Å². The van der Waals surface area contributed by atoms with Crippen LogP contribution in [0.5, 0.6) is 0 Å². The van der Waals surface area contributed by atoms with E-state index < -0.39 is 0 Å². The third-order valence-corrected chi connectivity index (χ3v) is 6.62. The first-order valence-electron chi connectivity index (χ1n) is 13.5. The number of fused-ring (bicyclic) bond motifs is 1. The number of carbonyl (C=O) groups excluding carboxylic acids is 2. The van der Waals surface area contributed by atoms with Gasteiger partial charge in [0.1, 0.15) is 0 Å². The quantitative estimate of drug-likeness (QED) is 0.247. The smallest absolute Gasteiger partial charge is 0.251 e. The number of imidazole rings is 1. The molecule has 0 spiro atoms. The zero-order chi connectivity index (χ0) is 26.8. The van der Waals surface area contributed by atoms with Gasteiger partial charge in [-0.05, 0) is 36.8 Å². The fraction of sp³-hybridized carbons (Fsp3) is 0.355. The van der Waals surface area contributed by atoms with E-state index in [1.807, 2.05) is 65.3 Å². The number of hydrogen-bond acceptors (Lipinski definition) is 5. The molecule has 1 fully saturated rings. The van der Waals surface area contributed by atoms with Gasteiger partial charge in [0.15, 0.2) is 17.2 Å². The molecule has 1 amide bonds. The Morgan fingerprint density at radius 3 is 2.21 bits per heavy atom. The topological polar surface area (TPSA) is 88.4 Å². The number of ketones is 1. The second-order valence-corrected chi connectivity index (χ2v) is 11.0. The van der Waals surface area contributed by atoms with Crippen molar-refractivity contribution in [2.75, 3.05) is 11.9 Å². The highest BCUT2D eigenvalue weighted by atomic mass is 16.1. The molecule has 7 heteroatoms. The number of Topliss-reactive ketones (excluding diaryl/α,β-unsaturated/α-hetero) is 1. The zero-order valence-corrected chi connectivity index (χ0v) is 22.5. The number of amides is 1. The Morgan fingerprint density at radius 1 is 0.921 bits per heavy atom. The van der Waals surface area contributed by atoms with Gasteiger partial charge in [0.25, 0.3) is 5.91 Å². The van der Waals surface area contributed by atoms with E-state index in [-0.39, 0.29) is 11.7 Å². The van der Waals surface area contributed by atoms with Gasteiger partial charge >= 0.3 is 0 Å². The fourth-order valence-corrected chi connectivity index (χ4v) is 4.36. The normalized spacial score (nSPS) is 13.3. The Hall–Kier alpha value is -4.00. The van der Waals surface area contributed by atoms with Gasteiger partial charge < -0.3 is 10.6 Å². The van der Waals surface area contributed by atoms with Gasteiger partial charge in [-0.1, -0.05) is 64.1 Å². The third-order valence-electron chi connectivity index (χ3n) is 6.62. The average Bonchev–Trinajstić information content (AvgIpc) is 3.61. The maximum Gasteiger partial charge on any atom is 0.251 e. The highest BCUT2D eigenvalue weighted by molar-refractivity contribution is 5.96. The van der Waals surface area contributed by atoms with E-state index >= 15 is 0 Å². The van der Waals surface area contributed by atoms with Crippen LogP contribution >= 0.6 is 0 Å². The molecule has 1 aliphatic carbocycles. The SMILES string of the molecule is CC(C)CNc1nc(-c2ccc(C(=O)CC(C)C)cc2)cn2c(-c3ccc(C(=O)NC4CC4)cc3)cnc12. The number of nitrogens with one attached hydrogen (secondary N) is 2. The van der Waals surface area contributed by atoms with E-state index in [0.29, 0.717) is 35.7 Å². The predicted octanol–water partition coefficient (Wildman–Crippen LogP) is 6.25. The van der Waals surface area contributed by atoms with E-state index in [9.17, 15) is 9.59 Å². The molecule has 2 heterocycles. The lowest BCUT2D eigenvalue weighted by molar-refractivity contribution is 0.0947. The average molecular weight is 510 g/mol. The summed E-state index contributed by atoms with van der Waals surface area (Å²) in [5, 5.41) is 6.50. The molecule has 7 nitrogen and oxygen atoms in total. The molecular weight excluding hydrogens is 474 g/mol. The minimum atomic E-state index is -0.0285. The van der Waals surface area contributed by atoms with Crippen LogP contribution in [0.15, 0.2) is 60.9 Å². The van der Waals surface area contributed by atoms with Crippen molar-refractivity contribution < 1.29 is 9.59 Å². The molecule has 0 unspecified atom stereocenters. The number of anilines is 1. The van der Waals surface area contributed by atoms with Gasteiger partial charge in [0, 0.05) is 47.5 Å². The molecule has 2 aromatic heterocycles. The van der Waals surface area contributed by atoms with Crippen LogP contribution in [0.2, 0.25) is 0 Å². The minimum Gasteiger partial charge on any atom is -0.367 e. The predicted molar refractivity (Wildman–Crippen MR) is 151 cm³/mol. The van der Waals surface area contributed by atoms with Crippen LogP contribution in [-0.4, -0.2) is 38.6 Å². The molecule has 2 aromatic carbocycles. The number of nitrogens with zero attached hydrogens (tertiary/aromatic N) is 3. The lowest BCUT2D eigenvalue weighted by Crippen LogP contribution is -2.25. The molecule has 196 valence electrons. The Balaban J connectivity index is 1.50. The summed E-state index contributed by atoms with van der Waals surface area (Å²) in [5.41, 5.74) is 5.69. The first-order chi connectivity index (χ1) is 18.3. The summed E-state index contributed by atoms with van der Waals surface area (Å²) in [6, 6.07) is 15.6. The molecule has 0 atom stereocenters. The molecule has 38 heavy (non-hydrogen) atoms. The Bertz CT molecular complexity index is 1450. The maximum absolute atomic E-state index is 12.5. The van der Waals surface area contributed by atoms with Crippen LogP contribution in [0.4, 0.5) is 5.82 Å². The molecular formula is C31H35N5O2. The summed E-state index contributed by atoms with van der Waals surface area (Å²) in [6.07, 6.45) is 6.48. The molecule has 2 N–H and O–H groups in total. The summed E-state index contributed by atoms with van der Waals surface area (Å²) in [5.74, 6) is 1.60. The van der Waals surface area contributed by atoms with Crippen molar-refractivity contribution >= 4 is 23.2 Å². The van der Waals surface area contributed by atoms with Crippen LogP contribution in [0, 0.1) is 11.8 Å². The minimum absolute atomic E-state index is 0.0285. The van der Waals surface area contributed by atoms with Gasteiger partial charge in [0.2, 0.25) is 0 Å². The molecule has 0 saturated heterocycles. The monoisotopic (exact) mass is 509 g/mol. The van der Waals surface area contributed by atoms with Crippen molar-refractivity contribution in [3.8, 4) is 22.5 Å². The lowest BCUT2D eigenvalue weighted by atomic mass is 10.00. The van der Waals surface area contributed by atoms with E-state index in [2.05, 4.69) is 38.3 Å². The highest BCUT2D eigenvalue weighted by Crippen LogP contribution is 2.29. The highest BCUT2D eigenvalue weighted by Gasteiger charge is 2.24. The first-order valence-corrected chi connectivity index (χ1v) is 13.5. The summed E-state index contributed by atoms with van der Waals surface area (Å²) >= 11 is 0. The van der Waals surface area contributed by atoms with Gasteiger partial charge in [-0.15, -0.1) is 0 Å². The van der Waals surface area contributed by atoms with Crippen LogP contribution in [-0.2, 0) is 0 Å². The molecule has 1 aliphatic rings. The Morgan fingerprint density at radius 2 is 1.58 bits per heavy atom. The molecule has 0 bridgehead atoms. The number of aromatic nitrogens is 3. The summed E-state index contributed by atoms with van der Waals surface area (Å²) in [7, 11) is 0. The molecule has 5 rings (SSSR count). The standard InChI is InChI=1S/C31H35N5O2/c1-19(2)15-28(37)23-9-5-21(6-10-23)26-18-36-27(17-33-30(36)29(35-26)32-16-20(3)4)22-7-11-24(12-8-22)31(38)34-25-13-14-25/h5-12,17-20,25H,13-16H2,1-4H3,(H,32,35)(H,34,38). The summed E-state index contributed by atoms with van der Waals surface area (Å²) in [6.45, 7) is 9.17. The van der Waals surface area contributed by atoms with Crippen molar-refractivity contribution in [3.63, 3.8) is 0 Å². The lowest BCUT2D eigenvalue weighted by Gasteiger charge is -2.13. The van der Waals surface area contributed by atoms with Gasteiger partial charge in [-0.25, -0.2) is 9.97 Å². The van der Waals surface area contributed by atoms with E-state index in [1.165, 1.54) is 0 Å². The number of benzene rings is 2.